The van der Waals surface area contributed by atoms with Crippen molar-refractivity contribution in [2.75, 3.05) is 0 Å². The summed E-state index contributed by atoms with van der Waals surface area (Å²) in [7, 11) is 0. The molecule has 0 aliphatic carbocycles. The zero-order chi connectivity index (χ0) is 10.0. The molecule has 0 N–H and O–H groups in total. The Morgan fingerprint density at radius 1 is 1.62 bits per heavy atom. The summed E-state index contributed by atoms with van der Waals surface area (Å²) in [4.78, 5) is 3.90. The number of rotatable bonds is 2. The normalized spacial score (nSPS) is 10.9. The summed E-state index contributed by atoms with van der Waals surface area (Å²) in [6.07, 6.45) is -2.51. The quantitative estimate of drug-likeness (QED) is 0.426. The lowest BCUT2D eigenvalue weighted by Gasteiger charge is -2.06. The summed E-state index contributed by atoms with van der Waals surface area (Å²) < 4.78 is 25.6. The van der Waals surface area contributed by atoms with Crippen molar-refractivity contribution >= 4 is 50.1 Å². The van der Waals surface area contributed by atoms with E-state index in [2.05, 4.69) is 20.9 Å². The summed E-state index contributed by atoms with van der Waals surface area (Å²) in [6, 6.07) is 1.37. The Morgan fingerprint density at radius 3 is 2.69 bits per heavy atom. The molecule has 0 saturated carbocycles. The molecular formula is C7H4BrClF2IN. The maximum atomic E-state index is 12.4. The SMILES string of the molecule is FC(F)c1cc(CCl)c(Br)nc1I. The molecule has 0 atom stereocenters. The minimum Gasteiger partial charge on any atom is -0.234 e. The molecule has 0 bridgehead atoms. The van der Waals surface area contributed by atoms with Gasteiger partial charge in [0.1, 0.15) is 8.30 Å². The van der Waals surface area contributed by atoms with Crippen molar-refractivity contribution in [1.29, 1.82) is 0 Å². The Hall–Kier alpha value is 0.510. The summed E-state index contributed by atoms with van der Waals surface area (Å²) in [6.45, 7) is 0. The Morgan fingerprint density at radius 2 is 2.23 bits per heavy atom. The van der Waals surface area contributed by atoms with Crippen LogP contribution in [0.2, 0.25) is 0 Å². The highest BCUT2D eigenvalue weighted by Gasteiger charge is 2.15. The van der Waals surface area contributed by atoms with Crippen molar-refractivity contribution in [2.45, 2.75) is 12.3 Å². The molecule has 6 heteroatoms. The van der Waals surface area contributed by atoms with Crippen LogP contribution in [0.15, 0.2) is 10.7 Å². The lowest BCUT2D eigenvalue weighted by Crippen LogP contribution is -1.97. The van der Waals surface area contributed by atoms with Crippen molar-refractivity contribution < 1.29 is 8.78 Å². The largest absolute Gasteiger partial charge is 0.266 e. The third-order valence-electron chi connectivity index (χ3n) is 1.41. The van der Waals surface area contributed by atoms with Crippen LogP contribution in [0.1, 0.15) is 17.6 Å². The number of alkyl halides is 3. The van der Waals surface area contributed by atoms with Gasteiger partial charge in [0.15, 0.2) is 0 Å². The van der Waals surface area contributed by atoms with Crippen molar-refractivity contribution in [2.24, 2.45) is 0 Å². The van der Waals surface area contributed by atoms with Gasteiger partial charge in [-0.05, 0) is 44.6 Å². The predicted molar refractivity (Wildman–Crippen MR) is 59.2 cm³/mol. The Balaban J connectivity index is 3.22. The molecule has 72 valence electrons. The highest BCUT2D eigenvalue weighted by Crippen LogP contribution is 2.28. The monoisotopic (exact) mass is 381 g/mol. The topological polar surface area (TPSA) is 12.9 Å². The molecule has 13 heavy (non-hydrogen) atoms. The maximum absolute atomic E-state index is 12.4. The number of aromatic nitrogens is 1. The molecule has 0 aliphatic heterocycles. The van der Waals surface area contributed by atoms with E-state index < -0.39 is 6.43 Å². The lowest BCUT2D eigenvalue weighted by atomic mass is 10.2. The average molecular weight is 382 g/mol. The van der Waals surface area contributed by atoms with E-state index in [1.165, 1.54) is 6.07 Å². The molecule has 1 heterocycles. The molecule has 1 nitrogen and oxygen atoms in total. The maximum Gasteiger partial charge on any atom is 0.266 e. The first kappa shape index (κ1) is 11.6. The van der Waals surface area contributed by atoms with Gasteiger partial charge >= 0.3 is 0 Å². The molecule has 0 saturated heterocycles. The first-order valence-corrected chi connectivity index (χ1v) is 5.65. The van der Waals surface area contributed by atoms with Gasteiger partial charge in [0, 0.05) is 5.56 Å². The van der Waals surface area contributed by atoms with Crippen LogP contribution in [0.3, 0.4) is 0 Å². The molecular weight excluding hydrogens is 378 g/mol. The molecule has 1 aromatic heterocycles. The van der Waals surface area contributed by atoms with E-state index >= 15 is 0 Å². The van der Waals surface area contributed by atoms with E-state index in [0.29, 0.717) is 13.9 Å². The molecule has 0 radical (unpaired) electrons. The van der Waals surface area contributed by atoms with Gasteiger partial charge < -0.3 is 0 Å². The van der Waals surface area contributed by atoms with Crippen LogP contribution in [0, 0.1) is 3.70 Å². The van der Waals surface area contributed by atoms with Crippen LogP contribution in [0.25, 0.3) is 0 Å². The summed E-state index contributed by atoms with van der Waals surface area (Å²) in [5.41, 5.74) is 0.511. The molecule has 0 unspecified atom stereocenters. The van der Waals surface area contributed by atoms with Crippen molar-refractivity contribution in [3.63, 3.8) is 0 Å². The van der Waals surface area contributed by atoms with Crippen molar-refractivity contribution in [1.82, 2.24) is 4.98 Å². The summed E-state index contributed by atoms with van der Waals surface area (Å²) in [5, 5.41) is 0. The van der Waals surface area contributed by atoms with Crippen molar-refractivity contribution in [3.05, 3.63) is 25.5 Å². The van der Waals surface area contributed by atoms with E-state index in [0.717, 1.165) is 0 Å². The van der Waals surface area contributed by atoms with E-state index in [4.69, 9.17) is 11.6 Å². The molecule has 0 spiro atoms. The molecule has 0 aromatic carbocycles. The van der Waals surface area contributed by atoms with Crippen LogP contribution in [0.4, 0.5) is 8.78 Å². The van der Waals surface area contributed by atoms with Crippen molar-refractivity contribution in [3.8, 4) is 0 Å². The van der Waals surface area contributed by atoms with E-state index in [9.17, 15) is 8.78 Å². The lowest BCUT2D eigenvalue weighted by molar-refractivity contribution is 0.149. The van der Waals surface area contributed by atoms with Gasteiger partial charge in [-0.1, -0.05) is 0 Å². The second kappa shape index (κ2) is 4.84. The fourth-order valence-electron chi connectivity index (χ4n) is 0.776. The van der Waals surface area contributed by atoms with Gasteiger partial charge in [-0.25, -0.2) is 13.8 Å². The predicted octanol–water partition coefficient (Wildman–Crippen LogP) is 4.13. The van der Waals surface area contributed by atoms with Gasteiger partial charge in [0.05, 0.1) is 11.4 Å². The van der Waals surface area contributed by atoms with Gasteiger partial charge in [0.25, 0.3) is 6.43 Å². The summed E-state index contributed by atoms with van der Waals surface area (Å²) >= 11 is 10.5. The highest BCUT2D eigenvalue weighted by molar-refractivity contribution is 14.1. The van der Waals surface area contributed by atoms with E-state index in [-0.39, 0.29) is 11.4 Å². The number of halogens is 5. The standard InChI is InChI=1S/C7H4BrClF2IN/c8-5-3(2-9)1-4(6(10)11)7(12)13-5/h1,6H,2H2. The van der Waals surface area contributed by atoms with Crippen LogP contribution in [-0.2, 0) is 5.88 Å². The van der Waals surface area contributed by atoms with Gasteiger partial charge in [-0.15, -0.1) is 11.6 Å². The fraction of sp³-hybridized carbons (Fsp3) is 0.286. The van der Waals surface area contributed by atoms with Gasteiger partial charge in [-0.3, -0.25) is 0 Å². The van der Waals surface area contributed by atoms with Crippen LogP contribution in [-0.4, -0.2) is 4.98 Å². The summed E-state index contributed by atoms with van der Waals surface area (Å²) in [5.74, 6) is 0.171. The van der Waals surface area contributed by atoms with Crippen LogP contribution in [0.5, 0.6) is 0 Å². The first-order valence-electron chi connectivity index (χ1n) is 3.25. The van der Waals surface area contributed by atoms with Gasteiger partial charge in [0.2, 0.25) is 0 Å². The Labute approximate surface area is 101 Å². The number of hydrogen-bond acceptors (Lipinski definition) is 1. The van der Waals surface area contributed by atoms with E-state index in [1.807, 2.05) is 0 Å². The van der Waals surface area contributed by atoms with Crippen LogP contribution >= 0.6 is 50.1 Å². The smallest absolute Gasteiger partial charge is 0.234 e. The van der Waals surface area contributed by atoms with Gasteiger partial charge in [-0.2, -0.15) is 0 Å². The van der Waals surface area contributed by atoms with E-state index in [1.54, 1.807) is 22.6 Å². The first-order chi connectivity index (χ1) is 6.06. The minimum absolute atomic E-state index is 0.0700. The second-order valence-corrected chi connectivity index (χ2v) is 4.29. The zero-order valence-corrected chi connectivity index (χ0v) is 10.7. The molecule has 0 fully saturated rings. The third kappa shape index (κ3) is 2.73. The minimum atomic E-state index is -2.51. The fourth-order valence-corrected chi connectivity index (χ4v) is 2.54. The molecule has 0 aliphatic rings. The van der Waals surface area contributed by atoms with Crippen LogP contribution < -0.4 is 0 Å². The number of nitrogens with zero attached hydrogens (tertiary/aromatic N) is 1. The number of hydrogen-bond donors (Lipinski definition) is 0. The molecule has 1 rings (SSSR count). The second-order valence-electron chi connectivity index (χ2n) is 2.25. The zero-order valence-electron chi connectivity index (χ0n) is 6.20. The number of pyridine rings is 1. The average Bonchev–Trinajstić information content (AvgIpc) is 2.03. The molecule has 0 amide bonds. The third-order valence-corrected chi connectivity index (χ3v) is 3.25. The Bertz CT molecular complexity index is 322. The Kier molecular flexibility index (Phi) is 4.31. The highest BCUT2D eigenvalue weighted by atomic mass is 127. The molecule has 1 aromatic rings.